The van der Waals surface area contributed by atoms with Crippen LogP contribution in [0.2, 0.25) is 0 Å². The Morgan fingerprint density at radius 2 is 1.75 bits per heavy atom. The summed E-state index contributed by atoms with van der Waals surface area (Å²) in [4.78, 5) is 53.4. The van der Waals surface area contributed by atoms with Gasteiger partial charge in [0.25, 0.3) is 11.8 Å². The Bertz CT molecular complexity index is 724. The summed E-state index contributed by atoms with van der Waals surface area (Å²) in [7, 11) is 0. The number of hydroxylamine groups is 2. The average molecular weight is 328 g/mol. The van der Waals surface area contributed by atoms with E-state index in [4.69, 9.17) is 4.84 Å². The first-order chi connectivity index (χ1) is 11.5. The zero-order valence-electron chi connectivity index (χ0n) is 12.9. The minimum atomic E-state index is -0.619. The van der Waals surface area contributed by atoms with Crippen LogP contribution in [0, 0.1) is 11.8 Å². The van der Waals surface area contributed by atoms with E-state index >= 15 is 0 Å². The van der Waals surface area contributed by atoms with Gasteiger partial charge in [-0.25, -0.2) is 4.79 Å². The van der Waals surface area contributed by atoms with Gasteiger partial charge in [0.05, 0.1) is 17.0 Å². The summed E-state index contributed by atoms with van der Waals surface area (Å²) in [6, 6.07) is 6.34. The van der Waals surface area contributed by atoms with Crippen molar-refractivity contribution in [1.29, 1.82) is 0 Å². The molecule has 1 aromatic rings. The van der Waals surface area contributed by atoms with Crippen molar-refractivity contribution >= 4 is 23.7 Å². The molecule has 3 amide bonds. The Morgan fingerprint density at radius 3 is 2.42 bits per heavy atom. The van der Waals surface area contributed by atoms with Gasteiger partial charge in [0.15, 0.2) is 0 Å². The highest BCUT2D eigenvalue weighted by Gasteiger charge is 2.43. The molecule has 0 bridgehead atoms. The molecule has 0 radical (unpaired) electrons. The first-order valence-electron chi connectivity index (χ1n) is 8.03. The molecule has 1 saturated carbocycles. The molecule has 4 rings (SSSR count). The van der Waals surface area contributed by atoms with Crippen LogP contribution in [0.15, 0.2) is 24.3 Å². The number of carbonyl (C=O) groups excluding carboxylic acids is 4. The van der Waals surface area contributed by atoms with Crippen LogP contribution in [0.4, 0.5) is 0 Å². The van der Waals surface area contributed by atoms with E-state index in [1.807, 2.05) is 0 Å². The lowest BCUT2D eigenvalue weighted by atomic mass is 9.79. The minimum Gasteiger partial charge on any atom is -0.353 e. The summed E-state index contributed by atoms with van der Waals surface area (Å²) >= 11 is 0. The van der Waals surface area contributed by atoms with E-state index in [1.54, 1.807) is 12.1 Å². The third-order valence-corrected chi connectivity index (χ3v) is 5.06. The van der Waals surface area contributed by atoms with Gasteiger partial charge in [-0.1, -0.05) is 17.2 Å². The first-order valence-corrected chi connectivity index (χ1v) is 8.03. The van der Waals surface area contributed by atoms with Crippen LogP contribution >= 0.6 is 0 Å². The number of imide groups is 1. The van der Waals surface area contributed by atoms with Crippen LogP contribution in [0.1, 0.15) is 46.4 Å². The summed E-state index contributed by atoms with van der Waals surface area (Å²) in [5.74, 6) is -1.98. The maximum atomic E-state index is 12.4. The van der Waals surface area contributed by atoms with Gasteiger partial charge in [-0.15, -0.1) is 0 Å². The van der Waals surface area contributed by atoms with E-state index in [0.29, 0.717) is 24.3 Å². The van der Waals surface area contributed by atoms with E-state index in [-0.39, 0.29) is 29.0 Å². The summed E-state index contributed by atoms with van der Waals surface area (Å²) < 4.78 is 0. The number of rotatable bonds is 2. The first kappa shape index (κ1) is 14.9. The molecule has 0 aromatic heterocycles. The van der Waals surface area contributed by atoms with Crippen molar-refractivity contribution in [2.75, 3.05) is 0 Å². The Labute approximate surface area is 137 Å². The number of fused-ring (bicyclic) bond motifs is 2. The summed E-state index contributed by atoms with van der Waals surface area (Å²) in [5.41, 5.74) is 0.476. The van der Waals surface area contributed by atoms with Crippen molar-refractivity contribution in [3.8, 4) is 0 Å². The number of hydrogen-bond donors (Lipinski definition) is 1. The number of carbonyl (C=O) groups is 4. The van der Waals surface area contributed by atoms with Crippen LogP contribution in [-0.4, -0.2) is 34.8 Å². The molecule has 3 aliphatic rings. The van der Waals surface area contributed by atoms with Crippen molar-refractivity contribution in [2.45, 2.75) is 31.7 Å². The lowest BCUT2D eigenvalue weighted by molar-refractivity contribution is -0.175. The van der Waals surface area contributed by atoms with E-state index < -0.39 is 23.7 Å². The lowest BCUT2D eigenvalue weighted by Gasteiger charge is -2.30. The monoisotopic (exact) mass is 328 g/mol. The molecule has 2 heterocycles. The molecule has 3 unspecified atom stereocenters. The van der Waals surface area contributed by atoms with Crippen molar-refractivity contribution in [1.82, 2.24) is 10.4 Å². The summed E-state index contributed by atoms with van der Waals surface area (Å²) in [6.07, 6.45) is 2.34. The fourth-order valence-electron chi connectivity index (χ4n) is 3.79. The van der Waals surface area contributed by atoms with Crippen molar-refractivity contribution in [2.24, 2.45) is 11.8 Å². The van der Waals surface area contributed by atoms with Gasteiger partial charge >= 0.3 is 5.97 Å². The summed E-state index contributed by atoms with van der Waals surface area (Å²) in [5, 5.41) is 3.42. The Morgan fingerprint density at radius 1 is 1.08 bits per heavy atom. The Balaban J connectivity index is 1.45. The SMILES string of the molecule is O=C1CC2CCC(C(=O)ON3C(=O)c4ccccc4C3=O)CC2N1. The molecule has 1 aliphatic carbocycles. The second-order valence-corrected chi connectivity index (χ2v) is 6.51. The van der Waals surface area contributed by atoms with E-state index in [9.17, 15) is 19.2 Å². The van der Waals surface area contributed by atoms with E-state index in [2.05, 4.69) is 5.32 Å². The van der Waals surface area contributed by atoms with Crippen molar-refractivity contribution < 1.29 is 24.0 Å². The van der Waals surface area contributed by atoms with Gasteiger partial charge in [0.2, 0.25) is 5.91 Å². The third-order valence-electron chi connectivity index (χ3n) is 5.06. The average Bonchev–Trinajstić information content (AvgIpc) is 3.07. The van der Waals surface area contributed by atoms with Crippen molar-refractivity contribution in [3.05, 3.63) is 35.4 Å². The smallest absolute Gasteiger partial charge is 0.336 e. The van der Waals surface area contributed by atoms with Gasteiger partial charge in [-0.3, -0.25) is 14.4 Å². The predicted molar refractivity (Wildman–Crippen MR) is 80.4 cm³/mol. The molecule has 24 heavy (non-hydrogen) atoms. The second kappa shape index (κ2) is 5.43. The fourth-order valence-corrected chi connectivity index (χ4v) is 3.79. The number of hydrogen-bond acceptors (Lipinski definition) is 5. The van der Waals surface area contributed by atoms with Crippen LogP contribution < -0.4 is 5.32 Å². The molecule has 7 nitrogen and oxygen atoms in total. The minimum absolute atomic E-state index is 0.0133. The maximum Gasteiger partial charge on any atom is 0.336 e. The normalized spacial score (nSPS) is 28.4. The predicted octanol–water partition coefficient (Wildman–Crippen LogP) is 1.05. The van der Waals surface area contributed by atoms with Gasteiger partial charge in [0.1, 0.15) is 0 Å². The van der Waals surface area contributed by atoms with Crippen LogP contribution in [0.25, 0.3) is 0 Å². The lowest BCUT2D eigenvalue weighted by Crippen LogP contribution is -2.40. The van der Waals surface area contributed by atoms with Crippen LogP contribution in [0.3, 0.4) is 0 Å². The fraction of sp³-hybridized carbons (Fsp3) is 0.412. The molecule has 2 aliphatic heterocycles. The highest BCUT2D eigenvalue weighted by molar-refractivity contribution is 6.20. The molecule has 1 N–H and O–H groups in total. The van der Waals surface area contributed by atoms with Gasteiger partial charge in [0, 0.05) is 12.5 Å². The standard InChI is InChI=1S/C17H16N2O5/c20-14-8-9-5-6-10(7-13(9)18-14)17(23)24-19-15(21)11-3-1-2-4-12(11)16(19)22/h1-4,9-10,13H,5-8H2,(H,18,20). The Hall–Kier alpha value is -2.70. The van der Waals surface area contributed by atoms with Crippen molar-refractivity contribution in [3.63, 3.8) is 0 Å². The molecular formula is C17H16N2O5. The third kappa shape index (κ3) is 2.28. The molecule has 1 aromatic carbocycles. The zero-order chi connectivity index (χ0) is 16.8. The molecule has 3 atom stereocenters. The Kier molecular flexibility index (Phi) is 3.37. The van der Waals surface area contributed by atoms with Gasteiger partial charge in [-0.05, 0) is 37.3 Å². The quantitative estimate of drug-likeness (QED) is 0.819. The maximum absolute atomic E-state index is 12.4. The molecule has 7 heteroatoms. The number of nitrogens with zero attached hydrogens (tertiary/aromatic N) is 1. The highest BCUT2D eigenvalue weighted by Crippen LogP contribution is 2.35. The molecule has 1 saturated heterocycles. The molecule has 2 fully saturated rings. The number of amides is 3. The molecule has 124 valence electrons. The second-order valence-electron chi connectivity index (χ2n) is 6.51. The zero-order valence-corrected chi connectivity index (χ0v) is 12.9. The molecule has 0 spiro atoms. The highest BCUT2D eigenvalue weighted by atomic mass is 16.7. The summed E-state index contributed by atoms with van der Waals surface area (Å²) in [6.45, 7) is 0. The topological polar surface area (TPSA) is 92.8 Å². The number of nitrogens with one attached hydrogen (secondary N) is 1. The van der Waals surface area contributed by atoms with E-state index in [0.717, 1.165) is 6.42 Å². The molecular weight excluding hydrogens is 312 g/mol. The van der Waals surface area contributed by atoms with E-state index in [1.165, 1.54) is 12.1 Å². The van der Waals surface area contributed by atoms with Gasteiger partial charge < -0.3 is 10.2 Å². The van der Waals surface area contributed by atoms with Crippen LogP contribution in [-0.2, 0) is 14.4 Å². The largest absolute Gasteiger partial charge is 0.353 e. The van der Waals surface area contributed by atoms with Crippen LogP contribution in [0.5, 0.6) is 0 Å². The van der Waals surface area contributed by atoms with Gasteiger partial charge in [-0.2, -0.15) is 0 Å². The number of benzene rings is 1.